The van der Waals surface area contributed by atoms with Gasteiger partial charge in [0.15, 0.2) is 0 Å². The molecular weight excluding hydrogens is 641 g/mol. The smallest absolute Gasteiger partial charge is 0.143 e. The fourth-order valence-electron chi connectivity index (χ4n) is 9.78. The van der Waals surface area contributed by atoms with Crippen LogP contribution in [-0.2, 0) is 0 Å². The summed E-state index contributed by atoms with van der Waals surface area (Å²) in [5, 5.41) is 22.7. The lowest BCUT2D eigenvalue weighted by atomic mass is 9.86. The standard InChI is InChI=1S/C52H28O/c1-2-10-39-29(5-1)20-26-45-50(39)44-28-37-27-36(38-21-15-34-13-11-30-6-3-8-32-16-23-41(38)48(34)46(30)32)19-22-40(37)51(52(44)53-45)43-25-18-35-14-12-31-7-4-9-33-17-24-42(43)49(35)47(31)33/h1-28H. The first-order valence-electron chi connectivity index (χ1n) is 18.4. The summed E-state index contributed by atoms with van der Waals surface area (Å²) in [6.07, 6.45) is 0. The van der Waals surface area contributed by atoms with Gasteiger partial charge in [0.05, 0.1) is 0 Å². The topological polar surface area (TPSA) is 13.1 Å². The Morgan fingerprint density at radius 1 is 0.283 bits per heavy atom. The molecule has 0 aliphatic rings. The number of hydrogen-bond acceptors (Lipinski definition) is 1. The molecule has 0 saturated heterocycles. The molecule has 0 saturated carbocycles. The molecule has 1 aromatic heterocycles. The minimum absolute atomic E-state index is 0.917. The van der Waals surface area contributed by atoms with Gasteiger partial charge in [0.1, 0.15) is 11.2 Å². The summed E-state index contributed by atoms with van der Waals surface area (Å²) in [7, 11) is 0. The Labute approximate surface area is 303 Å². The van der Waals surface area contributed by atoms with E-state index in [1.54, 1.807) is 0 Å². The monoisotopic (exact) mass is 668 g/mol. The molecule has 1 nitrogen and oxygen atoms in total. The van der Waals surface area contributed by atoms with Gasteiger partial charge in [-0.25, -0.2) is 0 Å². The number of furan rings is 1. The lowest BCUT2D eigenvalue weighted by Crippen LogP contribution is -1.90. The summed E-state index contributed by atoms with van der Waals surface area (Å²) >= 11 is 0. The molecule has 0 unspecified atom stereocenters. The van der Waals surface area contributed by atoms with Crippen LogP contribution in [0.3, 0.4) is 0 Å². The minimum Gasteiger partial charge on any atom is -0.455 e. The zero-order chi connectivity index (χ0) is 34.4. The van der Waals surface area contributed by atoms with Gasteiger partial charge in [0.2, 0.25) is 0 Å². The maximum absolute atomic E-state index is 6.98. The minimum atomic E-state index is 0.917. The molecule has 13 aromatic rings. The highest BCUT2D eigenvalue weighted by molar-refractivity contribution is 6.31. The summed E-state index contributed by atoms with van der Waals surface area (Å²) in [4.78, 5) is 0. The van der Waals surface area contributed by atoms with Crippen molar-refractivity contribution < 1.29 is 4.42 Å². The predicted molar refractivity (Wildman–Crippen MR) is 227 cm³/mol. The molecule has 0 radical (unpaired) electrons. The molecule has 13 rings (SSSR count). The quantitative estimate of drug-likeness (QED) is 0.167. The lowest BCUT2D eigenvalue weighted by molar-refractivity contribution is 0.671. The number of fused-ring (bicyclic) bond motifs is 6. The molecule has 0 amide bonds. The molecule has 1 heterocycles. The second-order valence-electron chi connectivity index (χ2n) is 14.8. The van der Waals surface area contributed by atoms with Crippen molar-refractivity contribution in [2.24, 2.45) is 0 Å². The summed E-state index contributed by atoms with van der Waals surface area (Å²) in [6.45, 7) is 0. The first-order valence-corrected chi connectivity index (χ1v) is 18.4. The van der Waals surface area contributed by atoms with Gasteiger partial charge in [-0.3, -0.25) is 0 Å². The van der Waals surface area contributed by atoms with Crippen LogP contribution in [0.2, 0.25) is 0 Å². The molecule has 12 aromatic carbocycles. The molecular formula is C52H28O. The van der Waals surface area contributed by atoms with E-state index in [1.165, 1.54) is 108 Å². The van der Waals surface area contributed by atoms with Crippen molar-refractivity contribution in [2.45, 2.75) is 0 Å². The molecule has 0 aliphatic carbocycles. The van der Waals surface area contributed by atoms with Crippen molar-refractivity contribution in [1.29, 1.82) is 0 Å². The van der Waals surface area contributed by atoms with E-state index in [9.17, 15) is 0 Å². The lowest BCUT2D eigenvalue weighted by Gasteiger charge is -2.17. The summed E-state index contributed by atoms with van der Waals surface area (Å²) in [6, 6.07) is 63.2. The zero-order valence-corrected chi connectivity index (χ0v) is 28.6. The van der Waals surface area contributed by atoms with Crippen molar-refractivity contribution in [1.82, 2.24) is 0 Å². The second kappa shape index (κ2) is 9.88. The molecule has 0 atom stereocenters. The normalized spacial score (nSPS) is 12.5. The van der Waals surface area contributed by atoms with Crippen LogP contribution in [0.4, 0.5) is 0 Å². The number of hydrogen-bond donors (Lipinski definition) is 0. The molecule has 0 spiro atoms. The van der Waals surface area contributed by atoms with E-state index in [0.717, 1.165) is 22.1 Å². The van der Waals surface area contributed by atoms with Crippen LogP contribution in [0.25, 0.3) is 130 Å². The molecule has 1 heteroatoms. The van der Waals surface area contributed by atoms with Gasteiger partial charge in [0.25, 0.3) is 0 Å². The van der Waals surface area contributed by atoms with E-state index in [2.05, 4.69) is 170 Å². The molecule has 0 aliphatic heterocycles. The van der Waals surface area contributed by atoms with E-state index < -0.39 is 0 Å². The van der Waals surface area contributed by atoms with Gasteiger partial charge in [0, 0.05) is 16.3 Å². The Morgan fingerprint density at radius 3 is 1.51 bits per heavy atom. The van der Waals surface area contributed by atoms with Crippen LogP contribution in [0.1, 0.15) is 0 Å². The van der Waals surface area contributed by atoms with Gasteiger partial charge in [-0.05, 0) is 121 Å². The maximum atomic E-state index is 6.98. The highest BCUT2D eigenvalue weighted by Gasteiger charge is 2.22. The first kappa shape index (κ1) is 27.7. The average Bonchev–Trinajstić information content (AvgIpc) is 3.59. The van der Waals surface area contributed by atoms with E-state index >= 15 is 0 Å². The second-order valence-corrected chi connectivity index (χ2v) is 14.8. The Balaban J connectivity index is 1.17. The van der Waals surface area contributed by atoms with Crippen molar-refractivity contribution in [2.75, 3.05) is 0 Å². The third-order valence-corrected chi connectivity index (χ3v) is 12.1. The van der Waals surface area contributed by atoms with E-state index in [0.29, 0.717) is 0 Å². The van der Waals surface area contributed by atoms with Crippen molar-refractivity contribution in [3.8, 4) is 22.3 Å². The highest BCUT2D eigenvalue weighted by Crippen LogP contribution is 2.48. The summed E-state index contributed by atoms with van der Waals surface area (Å²) in [5.74, 6) is 0. The Hall–Kier alpha value is -6.96. The van der Waals surface area contributed by atoms with Crippen LogP contribution in [-0.4, -0.2) is 0 Å². The van der Waals surface area contributed by atoms with Gasteiger partial charge < -0.3 is 4.42 Å². The van der Waals surface area contributed by atoms with Gasteiger partial charge >= 0.3 is 0 Å². The summed E-state index contributed by atoms with van der Waals surface area (Å²) in [5.41, 5.74) is 6.68. The van der Waals surface area contributed by atoms with Crippen LogP contribution in [0.5, 0.6) is 0 Å². The molecule has 0 bridgehead atoms. The van der Waals surface area contributed by atoms with Crippen LogP contribution < -0.4 is 0 Å². The fourth-order valence-corrected chi connectivity index (χ4v) is 9.78. The Kier molecular flexibility index (Phi) is 5.17. The summed E-state index contributed by atoms with van der Waals surface area (Å²) < 4.78 is 6.98. The van der Waals surface area contributed by atoms with Crippen molar-refractivity contribution in [3.05, 3.63) is 170 Å². The largest absolute Gasteiger partial charge is 0.455 e. The maximum Gasteiger partial charge on any atom is 0.143 e. The Bertz CT molecular complexity index is 3640. The van der Waals surface area contributed by atoms with Crippen molar-refractivity contribution in [3.63, 3.8) is 0 Å². The van der Waals surface area contributed by atoms with Crippen LogP contribution in [0, 0.1) is 0 Å². The van der Waals surface area contributed by atoms with Gasteiger partial charge in [-0.2, -0.15) is 0 Å². The molecule has 242 valence electrons. The zero-order valence-electron chi connectivity index (χ0n) is 28.6. The average molecular weight is 669 g/mol. The van der Waals surface area contributed by atoms with Gasteiger partial charge in [-0.15, -0.1) is 0 Å². The van der Waals surface area contributed by atoms with Crippen molar-refractivity contribution >= 4 is 108 Å². The Morgan fingerprint density at radius 2 is 0.811 bits per heavy atom. The van der Waals surface area contributed by atoms with E-state index in [4.69, 9.17) is 4.42 Å². The fraction of sp³-hybridized carbons (Fsp3) is 0. The number of benzene rings is 12. The third kappa shape index (κ3) is 3.61. The number of rotatable bonds is 2. The van der Waals surface area contributed by atoms with Crippen LogP contribution in [0.15, 0.2) is 174 Å². The molecule has 0 fully saturated rings. The van der Waals surface area contributed by atoms with E-state index in [-0.39, 0.29) is 0 Å². The first-order chi connectivity index (χ1) is 26.3. The predicted octanol–water partition coefficient (Wildman–Crippen LogP) is 15.0. The molecule has 53 heavy (non-hydrogen) atoms. The van der Waals surface area contributed by atoms with Gasteiger partial charge in [-0.1, -0.05) is 152 Å². The van der Waals surface area contributed by atoms with E-state index in [1.807, 2.05) is 0 Å². The highest BCUT2D eigenvalue weighted by atomic mass is 16.3. The van der Waals surface area contributed by atoms with Crippen LogP contribution >= 0.6 is 0 Å². The SMILES string of the molecule is c1ccc2c(c1)ccc1oc3c(-c4ccc5ccc6cccc7ccc4c5c67)c4ccc(-c5ccc6ccc7cccc8ccc5c6c78)cc4cc3c12. The third-order valence-electron chi connectivity index (χ3n) is 12.1. The molecule has 0 N–H and O–H groups in total.